The Morgan fingerprint density at radius 3 is 2.71 bits per heavy atom. The molecule has 3 nitrogen and oxygen atoms in total. The van der Waals surface area contributed by atoms with E-state index in [1.54, 1.807) is 7.11 Å². The van der Waals surface area contributed by atoms with Gasteiger partial charge in [-0.3, -0.25) is 0 Å². The van der Waals surface area contributed by atoms with Crippen LogP contribution in [0.3, 0.4) is 0 Å². The van der Waals surface area contributed by atoms with Gasteiger partial charge in [0, 0.05) is 12.7 Å². The monoisotopic (exact) mass is 196 g/mol. The van der Waals surface area contributed by atoms with Crippen molar-refractivity contribution in [3.05, 3.63) is 29.3 Å². The Hall–Kier alpha value is -1.06. The fraction of sp³-hybridized carbons (Fsp3) is 0.455. The summed E-state index contributed by atoms with van der Waals surface area (Å²) >= 11 is 0. The first kappa shape index (κ1) is 11.0. The maximum atomic E-state index is 9.09. The van der Waals surface area contributed by atoms with E-state index in [1.807, 2.05) is 25.1 Å². The molecular formula is C11H16O3. The number of hydrogen-bond acceptors (Lipinski definition) is 3. The average molecular weight is 196 g/mol. The van der Waals surface area contributed by atoms with Crippen molar-refractivity contribution in [2.45, 2.75) is 13.5 Å². The van der Waals surface area contributed by atoms with E-state index in [0.717, 1.165) is 16.9 Å². The van der Waals surface area contributed by atoms with Crippen LogP contribution in [0.15, 0.2) is 18.2 Å². The minimum absolute atomic E-state index is 0.00396. The van der Waals surface area contributed by atoms with Crippen molar-refractivity contribution in [3.8, 4) is 5.75 Å². The van der Waals surface area contributed by atoms with Gasteiger partial charge in [-0.05, 0) is 13.0 Å². The molecule has 0 unspecified atom stereocenters. The Morgan fingerprint density at radius 2 is 2.07 bits per heavy atom. The molecule has 0 aliphatic rings. The molecule has 0 aliphatic carbocycles. The number of aliphatic hydroxyl groups is 1. The van der Waals surface area contributed by atoms with Gasteiger partial charge in [0.1, 0.15) is 12.4 Å². The van der Waals surface area contributed by atoms with Crippen molar-refractivity contribution >= 4 is 0 Å². The molecule has 1 N–H and O–H groups in total. The summed E-state index contributed by atoms with van der Waals surface area (Å²) < 4.78 is 10.3. The summed E-state index contributed by atoms with van der Waals surface area (Å²) in [5, 5.41) is 9.09. The topological polar surface area (TPSA) is 38.7 Å². The molecule has 1 aromatic rings. The number of aliphatic hydroxyl groups excluding tert-OH is 1. The number of methoxy groups -OCH3 is 1. The summed E-state index contributed by atoms with van der Waals surface area (Å²) in [4.78, 5) is 0. The second kappa shape index (κ2) is 5.62. The first-order valence-corrected chi connectivity index (χ1v) is 4.60. The van der Waals surface area contributed by atoms with Crippen LogP contribution >= 0.6 is 0 Å². The Balaban J connectivity index is 2.65. The van der Waals surface area contributed by atoms with Gasteiger partial charge in [-0.25, -0.2) is 0 Å². The summed E-state index contributed by atoms with van der Waals surface area (Å²) in [6.07, 6.45) is 0. The second-order valence-corrected chi connectivity index (χ2v) is 3.11. The van der Waals surface area contributed by atoms with E-state index in [4.69, 9.17) is 14.6 Å². The van der Waals surface area contributed by atoms with Gasteiger partial charge in [-0.2, -0.15) is 0 Å². The van der Waals surface area contributed by atoms with E-state index in [2.05, 4.69) is 0 Å². The molecule has 78 valence electrons. The van der Waals surface area contributed by atoms with Gasteiger partial charge < -0.3 is 14.6 Å². The first-order valence-electron chi connectivity index (χ1n) is 4.60. The standard InChI is InChI=1S/C11H16O3/c1-9-3-4-11(10(7-9)8-12)14-6-5-13-2/h3-4,7,12H,5-6,8H2,1-2H3. The van der Waals surface area contributed by atoms with Gasteiger partial charge in [-0.15, -0.1) is 0 Å². The lowest BCUT2D eigenvalue weighted by Gasteiger charge is -2.10. The molecule has 0 bridgehead atoms. The number of ether oxygens (including phenoxy) is 2. The van der Waals surface area contributed by atoms with Crippen LogP contribution < -0.4 is 4.74 Å². The summed E-state index contributed by atoms with van der Waals surface area (Å²) in [5.74, 6) is 0.732. The lowest BCUT2D eigenvalue weighted by atomic mass is 10.1. The normalized spacial score (nSPS) is 10.2. The minimum atomic E-state index is 0.00396. The van der Waals surface area contributed by atoms with Crippen LogP contribution in [0.25, 0.3) is 0 Å². The highest BCUT2D eigenvalue weighted by Gasteiger charge is 2.02. The Kier molecular flexibility index (Phi) is 4.43. The largest absolute Gasteiger partial charge is 0.491 e. The molecule has 0 atom stereocenters. The first-order chi connectivity index (χ1) is 6.77. The number of rotatable bonds is 5. The van der Waals surface area contributed by atoms with E-state index < -0.39 is 0 Å². The molecule has 0 heterocycles. The fourth-order valence-electron chi connectivity index (χ4n) is 1.21. The van der Waals surface area contributed by atoms with Crippen molar-refractivity contribution in [2.75, 3.05) is 20.3 Å². The van der Waals surface area contributed by atoms with E-state index >= 15 is 0 Å². The number of benzene rings is 1. The Labute approximate surface area is 84.3 Å². The van der Waals surface area contributed by atoms with Gasteiger partial charge in [0.25, 0.3) is 0 Å². The van der Waals surface area contributed by atoms with Gasteiger partial charge in [0.2, 0.25) is 0 Å². The zero-order valence-electron chi connectivity index (χ0n) is 8.62. The summed E-state index contributed by atoms with van der Waals surface area (Å²) in [7, 11) is 1.63. The van der Waals surface area contributed by atoms with Gasteiger partial charge in [0.15, 0.2) is 0 Å². The fourth-order valence-corrected chi connectivity index (χ4v) is 1.21. The lowest BCUT2D eigenvalue weighted by molar-refractivity contribution is 0.144. The molecule has 3 heteroatoms. The molecule has 0 aliphatic heterocycles. The predicted octanol–water partition coefficient (Wildman–Crippen LogP) is 1.51. The summed E-state index contributed by atoms with van der Waals surface area (Å²) in [6, 6.07) is 5.75. The molecule has 1 aromatic carbocycles. The lowest BCUT2D eigenvalue weighted by Crippen LogP contribution is -2.06. The third kappa shape index (κ3) is 3.01. The second-order valence-electron chi connectivity index (χ2n) is 3.11. The molecule has 0 amide bonds. The molecular weight excluding hydrogens is 180 g/mol. The highest BCUT2D eigenvalue weighted by Crippen LogP contribution is 2.19. The molecule has 14 heavy (non-hydrogen) atoms. The van der Waals surface area contributed by atoms with Crippen molar-refractivity contribution in [3.63, 3.8) is 0 Å². The van der Waals surface area contributed by atoms with E-state index in [9.17, 15) is 0 Å². The quantitative estimate of drug-likeness (QED) is 0.725. The van der Waals surface area contributed by atoms with Crippen molar-refractivity contribution in [1.29, 1.82) is 0 Å². The summed E-state index contributed by atoms with van der Waals surface area (Å²) in [6.45, 7) is 3.05. The Morgan fingerprint density at radius 1 is 1.29 bits per heavy atom. The third-order valence-corrected chi connectivity index (χ3v) is 1.93. The van der Waals surface area contributed by atoms with Crippen LogP contribution in [0, 0.1) is 6.92 Å². The summed E-state index contributed by atoms with van der Waals surface area (Å²) in [5.41, 5.74) is 1.94. The van der Waals surface area contributed by atoms with E-state index in [-0.39, 0.29) is 6.61 Å². The van der Waals surface area contributed by atoms with E-state index in [0.29, 0.717) is 13.2 Å². The molecule has 0 aromatic heterocycles. The smallest absolute Gasteiger partial charge is 0.124 e. The van der Waals surface area contributed by atoms with Crippen LogP contribution in [-0.2, 0) is 11.3 Å². The Bertz CT molecular complexity index is 284. The molecule has 0 saturated carbocycles. The minimum Gasteiger partial charge on any atom is -0.491 e. The van der Waals surface area contributed by atoms with Crippen LogP contribution in [0.2, 0.25) is 0 Å². The highest BCUT2D eigenvalue weighted by atomic mass is 16.5. The van der Waals surface area contributed by atoms with E-state index in [1.165, 1.54) is 0 Å². The van der Waals surface area contributed by atoms with Crippen molar-refractivity contribution in [1.82, 2.24) is 0 Å². The average Bonchev–Trinajstić information content (AvgIpc) is 2.20. The van der Waals surface area contributed by atoms with Gasteiger partial charge >= 0.3 is 0 Å². The highest BCUT2D eigenvalue weighted by molar-refractivity contribution is 5.36. The molecule has 0 saturated heterocycles. The molecule has 0 radical (unpaired) electrons. The molecule has 1 rings (SSSR count). The van der Waals surface area contributed by atoms with Crippen LogP contribution in [0.1, 0.15) is 11.1 Å². The van der Waals surface area contributed by atoms with Gasteiger partial charge in [-0.1, -0.05) is 17.7 Å². The van der Waals surface area contributed by atoms with Crippen LogP contribution in [0.4, 0.5) is 0 Å². The predicted molar refractivity (Wildman–Crippen MR) is 54.5 cm³/mol. The number of hydrogen-bond donors (Lipinski definition) is 1. The zero-order valence-corrected chi connectivity index (χ0v) is 8.62. The van der Waals surface area contributed by atoms with Gasteiger partial charge in [0.05, 0.1) is 13.2 Å². The number of aryl methyl sites for hydroxylation is 1. The van der Waals surface area contributed by atoms with Crippen molar-refractivity contribution < 1.29 is 14.6 Å². The third-order valence-electron chi connectivity index (χ3n) is 1.93. The SMILES string of the molecule is COCCOc1ccc(C)cc1CO. The maximum absolute atomic E-state index is 9.09. The molecule has 0 spiro atoms. The maximum Gasteiger partial charge on any atom is 0.124 e. The van der Waals surface area contributed by atoms with Crippen LogP contribution in [-0.4, -0.2) is 25.4 Å². The molecule has 0 fully saturated rings. The van der Waals surface area contributed by atoms with Crippen LogP contribution in [0.5, 0.6) is 5.75 Å². The van der Waals surface area contributed by atoms with Crippen molar-refractivity contribution in [2.24, 2.45) is 0 Å². The zero-order chi connectivity index (χ0) is 10.4.